The van der Waals surface area contributed by atoms with E-state index in [9.17, 15) is 18.3 Å². The molecule has 0 heterocycles. The molecule has 7 rings (SSSR count). The minimum atomic E-state index is -2.69. The van der Waals surface area contributed by atoms with E-state index in [1.54, 1.807) is 93.5 Å². The van der Waals surface area contributed by atoms with E-state index >= 15 is 0 Å². The molecule has 0 saturated heterocycles. The predicted octanol–water partition coefficient (Wildman–Crippen LogP) is 20.3. The van der Waals surface area contributed by atoms with E-state index in [-0.39, 0.29) is 13.2 Å². The summed E-state index contributed by atoms with van der Waals surface area (Å²) in [5.41, 5.74) is 5.63. The molecule has 0 aliphatic carbocycles. The Balaban J connectivity index is -0.000000225. The molecule has 0 bridgehead atoms. The Morgan fingerprint density at radius 2 is 0.527 bits per heavy atom. The van der Waals surface area contributed by atoms with Gasteiger partial charge in [0.05, 0.1) is 39.6 Å². The van der Waals surface area contributed by atoms with Gasteiger partial charge in [0.1, 0.15) is 13.2 Å². The molecule has 0 atom stereocenters. The van der Waals surface area contributed by atoms with Crippen LogP contribution in [0.25, 0.3) is 22.3 Å². The van der Waals surface area contributed by atoms with Gasteiger partial charge in [-0.25, -0.2) is 0 Å². The Kier molecular flexibility index (Phi) is 82.0. The topological polar surface area (TPSA) is 223 Å². The first-order valence-electron chi connectivity index (χ1n) is 30.0. The average molecular weight is 1730 g/mol. The van der Waals surface area contributed by atoms with E-state index in [2.05, 4.69) is 198 Å². The fourth-order valence-electron chi connectivity index (χ4n) is 5.74. The minimum absolute atomic E-state index is 0.250. The van der Waals surface area contributed by atoms with Gasteiger partial charge in [-0.3, -0.25) is 13.7 Å². The third-order valence-corrected chi connectivity index (χ3v) is 15.7. The van der Waals surface area contributed by atoms with Crippen molar-refractivity contribution in [2.24, 2.45) is 0 Å². The van der Waals surface area contributed by atoms with Crippen molar-refractivity contribution in [2.75, 3.05) is 96.9 Å². The fourth-order valence-corrected chi connectivity index (χ4v) is 10.1. The van der Waals surface area contributed by atoms with Crippen LogP contribution in [0.5, 0.6) is 0 Å². The first-order valence-corrected chi connectivity index (χ1v) is 41.9. The zero-order valence-corrected chi connectivity index (χ0v) is 67.9. The second kappa shape index (κ2) is 75.2. The largest absolute Gasteiger partial charge is 0.697 e. The van der Waals surface area contributed by atoms with Crippen molar-refractivity contribution in [2.45, 2.75) is 76.2 Å². The fraction of sp³-hybridized carbons (Fsp3) is 0.382. The van der Waals surface area contributed by atoms with Crippen molar-refractivity contribution in [3.05, 3.63) is 219 Å². The summed E-state index contributed by atoms with van der Waals surface area (Å²) in [6.07, 6.45) is 0. The normalized spacial score (nSPS) is 9.58. The van der Waals surface area contributed by atoms with E-state index in [1.165, 1.54) is 49.4 Å². The lowest BCUT2D eigenvalue weighted by molar-refractivity contribution is 0.224. The van der Waals surface area contributed by atoms with Crippen LogP contribution >= 0.6 is 110 Å². The van der Waals surface area contributed by atoms with Crippen molar-refractivity contribution in [3.8, 4) is 22.3 Å². The molecular formula is C68H106BClI3O16P4+. The van der Waals surface area contributed by atoms with Crippen LogP contribution in [0.4, 0.5) is 0 Å². The number of hydrogen-bond donors (Lipinski definition) is 4. The van der Waals surface area contributed by atoms with E-state index < -0.39 is 38.2 Å². The lowest BCUT2D eigenvalue weighted by Gasteiger charge is -2.10. The van der Waals surface area contributed by atoms with Gasteiger partial charge < -0.3 is 47.4 Å². The molecule has 524 valence electrons. The van der Waals surface area contributed by atoms with Crippen LogP contribution in [0, 0.1) is 7.14 Å². The first kappa shape index (κ1) is 101. The van der Waals surface area contributed by atoms with Crippen LogP contribution in [-0.2, 0) is 54.5 Å². The van der Waals surface area contributed by atoms with Crippen LogP contribution in [-0.4, -0.2) is 124 Å². The molecular weight excluding hydrogens is 1620 g/mol. The zero-order chi connectivity index (χ0) is 71.9. The van der Waals surface area contributed by atoms with Gasteiger partial charge in [0.2, 0.25) is 0 Å². The van der Waals surface area contributed by atoms with Gasteiger partial charge in [0, 0.05) is 50.8 Å². The summed E-state index contributed by atoms with van der Waals surface area (Å²) in [6, 6.07) is 70.7. The molecule has 0 spiro atoms. The van der Waals surface area contributed by atoms with E-state index in [1.807, 2.05) is 78.6 Å². The molecule has 4 N–H and O–H groups in total. The Morgan fingerprint density at radius 3 is 0.645 bits per heavy atom. The first-order chi connectivity index (χ1) is 44.4. The SMILES string of the molecule is CCCl.CCO.CCO.CCOP(C)(=O)OCC.CCOP(C)(=O)OCC.CCOP(C)(=O)OCC.CCO[P+](=O)OCC.CI.Ic1ccccc1.Ic1ccccc1.OB(O)c1ccccc1.c1ccc(-c2ccccc2)cc1.c1ccc(-c2ccccc2)cc1. The van der Waals surface area contributed by atoms with Crippen LogP contribution in [0.2, 0.25) is 0 Å². The summed E-state index contributed by atoms with van der Waals surface area (Å²) >= 11 is 11.7. The van der Waals surface area contributed by atoms with Gasteiger partial charge >= 0.3 is 38.2 Å². The smallest absolute Gasteiger partial charge is 0.423 e. The summed E-state index contributed by atoms with van der Waals surface area (Å²) in [5.74, 6) is 0.722. The van der Waals surface area contributed by atoms with Gasteiger partial charge in [-0.15, -0.1) is 20.6 Å². The van der Waals surface area contributed by atoms with E-state index in [0.29, 0.717) is 58.3 Å². The number of aliphatic hydroxyl groups excluding tert-OH is 2. The van der Waals surface area contributed by atoms with Crippen LogP contribution in [0.1, 0.15) is 76.2 Å². The number of aliphatic hydroxyl groups is 2. The third-order valence-electron chi connectivity index (χ3n) is 8.98. The molecule has 0 aliphatic heterocycles. The maximum Gasteiger partial charge on any atom is 0.697 e. The average Bonchev–Trinajstić information content (AvgIpc) is 3.53. The van der Waals surface area contributed by atoms with Gasteiger partial charge in [-0.1, -0.05) is 218 Å². The summed E-state index contributed by atoms with van der Waals surface area (Å²) in [7, 11) is -11.2. The second-order valence-electron chi connectivity index (χ2n) is 16.6. The van der Waals surface area contributed by atoms with Gasteiger partial charge in [0.25, 0.3) is 0 Å². The lowest BCUT2D eigenvalue weighted by Crippen LogP contribution is -2.29. The quantitative estimate of drug-likeness (QED) is 0.0256. The Morgan fingerprint density at radius 1 is 0.366 bits per heavy atom. The predicted molar refractivity (Wildman–Crippen MR) is 421 cm³/mol. The third kappa shape index (κ3) is 75.0. The summed E-state index contributed by atoms with van der Waals surface area (Å²) in [4.78, 5) is 1.97. The maximum atomic E-state index is 11.0. The molecule has 0 aromatic heterocycles. The highest BCUT2D eigenvalue weighted by atomic mass is 127. The van der Waals surface area contributed by atoms with E-state index in [0.717, 1.165) is 5.88 Å². The van der Waals surface area contributed by atoms with Gasteiger partial charge in [-0.2, -0.15) is 0 Å². The molecule has 0 aliphatic rings. The van der Waals surface area contributed by atoms with Crippen molar-refractivity contribution < 1.29 is 74.7 Å². The number of rotatable bonds is 19. The van der Waals surface area contributed by atoms with Crippen molar-refractivity contribution in [1.82, 2.24) is 0 Å². The van der Waals surface area contributed by atoms with Crippen LogP contribution < -0.4 is 5.46 Å². The lowest BCUT2D eigenvalue weighted by atomic mass is 9.81. The highest BCUT2D eigenvalue weighted by Gasteiger charge is 2.16. The monoisotopic (exact) mass is 1730 g/mol. The Bertz CT molecular complexity index is 2460. The molecule has 0 amide bonds. The molecule has 25 heteroatoms. The number of halogens is 4. The molecule has 93 heavy (non-hydrogen) atoms. The number of benzene rings is 7. The minimum Gasteiger partial charge on any atom is -0.423 e. The highest BCUT2D eigenvalue weighted by Crippen LogP contribution is 2.44. The molecule has 7 aromatic carbocycles. The van der Waals surface area contributed by atoms with Gasteiger partial charge in [-0.05, 0) is 171 Å². The summed E-state index contributed by atoms with van der Waals surface area (Å²) < 4.78 is 83.8. The Labute approximate surface area is 607 Å². The number of hydrogen-bond acceptors (Lipinski definition) is 16. The molecule has 0 radical (unpaired) electrons. The highest BCUT2D eigenvalue weighted by molar-refractivity contribution is 14.1. The van der Waals surface area contributed by atoms with Crippen molar-refractivity contribution >= 4 is 123 Å². The Hall–Kier alpha value is -2.61. The molecule has 0 saturated carbocycles. The van der Waals surface area contributed by atoms with Crippen molar-refractivity contribution in [1.29, 1.82) is 0 Å². The standard InChI is InChI=1S/2C12H10.C6H7BO2.2C6H5I.3C5H13O3P.C4H10O3P.C2H5Cl.2C2H6O.CH3I/c2*1-3-7-11(8-4-1)12-9-5-2-6-10-12;8-7(9)6-4-2-1-3-5-6;2*7-6-4-2-1-3-5-6;3*1-4-7-9(3,6)8-5-2;1-3-6-8(5)7-4-2;3*1-2-3;1-2/h2*1-10H;1-5,8-9H;2*1-5H;3*4-5H2,1-3H3;3-4H2,1-2H3;2H2,1H3;2*3H,2H2,1H3;1H3/q;;;;;;;;+1;;;;. The summed E-state index contributed by atoms with van der Waals surface area (Å²) in [5, 5.41) is 32.3. The maximum absolute atomic E-state index is 11.0. The molecule has 0 fully saturated rings. The molecule has 16 nitrogen and oxygen atoms in total. The second-order valence-corrected chi connectivity index (χ2v) is 26.8. The molecule has 0 unspecified atom stereocenters. The summed E-state index contributed by atoms with van der Waals surface area (Å²) in [6.45, 7) is 27.9. The van der Waals surface area contributed by atoms with Crippen molar-refractivity contribution in [3.63, 3.8) is 0 Å². The molecule has 7 aromatic rings. The van der Waals surface area contributed by atoms with Crippen LogP contribution in [0.15, 0.2) is 212 Å². The van der Waals surface area contributed by atoms with Gasteiger partial charge in [0.15, 0.2) is 0 Å². The van der Waals surface area contributed by atoms with Crippen LogP contribution in [0.3, 0.4) is 0 Å². The number of alkyl halides is 2. The zero-order valence-electron chi connectivity index (χ0n) is 57.1. The van der Waals surface area contributed by atoms with E-state index in [4.69, 9.17) is 59.0 Å².